The summed E-state index contributed by atoms with van der Waals surface area (Å²) in [7, 11) is 0. The summed E-state index contributed by atoms with van der Waals surface area (Å²) in [5.74, 6) is -0.282. The van der Waals surface area contributed by atoms with E-state index >= 15 is 0 Å². The molecule has 1 aromatic heterocycles. The maximum Gasteiger partial charge on any atom is 0.357 e. The highest BCUT2D eigenvalue weighted by molar-refractivity contribution is 5.92. The van der Waals surface area contributed by atoms with Gasteiger partial charge in [-0.3, -0.25) is 4.79 Å². The number of hydrogen-bond donors (Lipinski definition) is 1. The summed E-state index contributed by atoms with van der Waals surface area (Å²) in [6.07, 6.45) is 2.31. The predicted octanol–water partition coefficient (Wildman–Crippen LogP) is 2.31. The largest absolute Gasteiger partial charge is 0.451 e. The second-order valence-electron chi connectivity index (χ2n) is 5.66. The van der Waals surface area contributed by atoms with E-state index in [9.17, 15) is 9.59 Å². The summed E-state index contributed by atoms with van der Waals surface area (Å²) in [6, 6.07) is 11.1. The number of amides is 1. The van der Waals surface area contributed by atoms with Gasteiger partial charge in [-0.25, -0.2) is 9.78 Å². The van der Waals surface area contributed by atoms with E-state index in [0.29, 0.717) is 5.92 Å². The van der Waals surface area contributed by atoms with E-state index in [1.807, 2.05) is 37.3 Å². The molecule has 1 aliphatic carbocycles. The van der Waals surface area contributed by atoms with Gasteiger partial charge in [0.2, 0.25) is 0 Å². The van der Waals surface area contributed by atoms with Crippen LogP contribution < -0.4 is 5.32 Å². The van der Waals surface area contributed by atoms with Gasteiger partial charge in [0.15, 0.2) is 6.61 Å². The lowest BCUT2D eigenvalue weighted by atomic mass is 10.2. The summed E-state index contributed by atoms with van der Waals surface area (Å²) >= 11 is 0. The number of nitrogens with zero attached hydrogens (tertiary/aromatic N) is 1. The third-order valence-electron chi connectivity index (χ3n) is 3.86. The lowest BCUT2D eigenvalue weighted by Crippen LogP contribution is -2.37. The summed E-state index contributed by atoms with van der Waals surface area (Å²) in [6.45, 7) is 1.70. The molecule has 114 valence electrons. The molecule has 0 saturated heterocycles. The zero-order chi connectivity index (χ0) is 15.5. The van der Waals surface area contributed by atoms with Crippen molar-refractivity contribution in [1.82, 2.24) is 10.3 Å². The van der Waals surface area contributed by atoms with E-state index < -0.39 is 5.97 Å². The van der Waals surface area contributed by atoms with Crippen LogP contribution in [0, 0.1) is 5.92 Å². The Morgan fingerprint density at radius 1 is 1.27 bits per heavy atom. The van der Waals surface area contributed by atoms with Gasteiger partial charge >= 0.3 is 5.97 Å². The van der Waals surface area contributed by atoms with Crippen LogP contribution in [0.25, 0.3) is 10.9 Å². The number of aromatic nitrogens is 1. The molecule has 0 spiro atoms. The molecule has 1 aromatic carbocycles. The first kappa shape index (κ1) is 14.5. The van der Waals surface area contributed by atoms with E-state index in [0.717, 1.165) is 23.7 Å². The third-order valence-corrected chi connectivity index (χ3v) is 3.86. The minimum absolute atomic E-state index is 0.144. The Labute approximate surface area is 128 Å². The Kier molecular flexibility index (Phi) is 4.04. The van der Waals surface area contributed by atoms with Crippen molar-refractivity contribution in [2.75, 3.05) is 6.61 Å². The van der Waals surface area contributed by atoms with Crippen LogP contribution in [0.15, 0.2) is 36.4 Å². The van der Waals surface area contributed by atoms with E-state index in [2.05, 4.69) is 10.3 Å². The molecular formula is C17H18N2O3. The topological polar surface area (TPSA) is 68.3 Å². The number of pyridine rings is 1. The smallest absolute Gasteiger partial charge is 0.357 e. The number of esters is 1. The molecule has 1 fully saturated rings. The SMILES string of the molecule is C[C@H](NC(=O)COC(=O)c1ccc2ccccc2n1)C1CC1. The van der Waals surface area contributed by atoms with Gasteiger partial charge in [0.25, 0.3) is 5.91 Å². The van der Waals surface area contributed by atoms with Crippen molar-refractivity contribution >= 4 is 22.8 Å². The van der Waals surface area contributed by atoms with Gasteiger partial charge < -0.3 is 10.1 Å². The molecule has 3 rings (SSSR count). The highest BCUT2D eigenvalue weighted by atomic mass is 16.5. The van der Waals surface area contributed by atoms with Crippen LogP contribution in [0.2, 0.25) is 0 Å². The second kappa shape index (κ2) is 6.13. The first-order chi connectivity index (χ1) is 10.6. The fraction of sp³-hybridized carbons (Fsp3) is 0.353. The average Bonchev–Trinajstić information content (AvgIpc) is 3.37. The van der Waals surface area contributed by atoms with Crippen LogP contribution in [0.1, 0.15) is 30.3 Å². The molecule has 1 amide bonds. The lowest BCUT2D eigenvalue weighted by molar-refractivity contribution is -0.125. The number of rotatable bonds is 5. The third kappa shape index (κ3) is 3.42. The van der Waals surface area contributed by atoms with Gasteiger partial charge in [-0.1, -0.05) is 24.3 Å². The molecule has 1 atom stereocenters. The Morgan fingerprint density at radius 2 is 2.05 bits per heavy atom. The number of carbonyl (C=O) groups is 2. The van der Waals surface area contributed by atoms with Gasteiger partial charge in [0, 0.05) is 11.4 Å². The van der Waals surface area contributed by atoms with Gasteiger partial charge in [0.1, 0.15) is 5.69 Å². The summed E-state index contributed by atoms with van der Waals surface area (Å²) in [5.41, 5.74) is 0.936. The van der Waals surface area contributed by atoms with Crippen molar-refractivity contribution in [3.63, 3.8) is 0 Å². The van der Waals surface area contributed by atoms with Crippen LogP contribution in [0.3, 0.4) is 0 Å². The number of nitrogens with one attached hydrogen (secondary N) is 1. The Bertz CT molecular complexity index is 710. The van der Waals surface area contributed by atoms with E-state index in [1.54, 1.807) is 6.07 Å². The van der Waals surface area contributed by atoms with Gasteiger partial charge in [-0.15, -0.1) is 0 Å². The maximum atomic E-state index is 12.0. The molecular weight excluding hydrogens is 280 g/mol. The highest BCUT2D eigenvalue weighted by Gasteiger charge is 2.29. The number of carbonyl (C=O) groups excluding carboxylic acids is 2. The van der Waals surface area contributed by atoms with Crippen LogP contribution in [-0.4, -0.2) is 29.5 Å². The van der Waals surface area contributed by atoms with E-state index in [-0.39, 0.29) is 24.2 Å². The monoisotopic (exact) mass is 298 g/mol. The van der Waals surface area contributed by atoms with Crippen LogP contribution in [-0.2, 0) is 9.53 Å². The molecule has 2 aromatic rings. The Hall–Kier alpha value is -2.43. The minimum Gasteiger partial charge on any atom is -0.451 e. The van der Waals surface area contributed by atoms with Crippen LogP contribution in [0.5, 0.6) is 0 Å². The predicted molar refractivity (Wildman–Crippen MR) is 82.4 cm³/mol. The summed E-state index contributed by atoms with van der Waals surface area (Å²) < 4.78 is 5.03. The second-order valence-corrected chi connectivity index (χ2v) is 5.66. The van der Waals surface area contributed by atoms with Crippen molar-refractivity contribution in [3.05, 3.63) is 42.1 Å². The number of ether oxygens (including phenoxy) is 1. The average molecular weight is 298 g/mol. The number of para-hydroxylation sites is 1. The van der Waals surface area contributed by atoms with Crippen LogP contribution in [0.4, 0.5) is 0 Å². The number of benzene rings is 1. The first-order valence-electron chi connectivity index (χ1n) is 7.46. The van der Waals surface area contributed by atoms with E-state index in [4.69, 9.17) is 4.74 Å². The molecule has 1 aliphatic rings. The fourth-order valence-electron chi connectivity index (χ4n) is 2.39. The van der Waals surface area contributed by atoms with Crippen molar-refractivity contribution in [1.29, 1.82) is 0 Å². The standard InChI is InChI=1S/C17H18N2O3/c1-11(12-6-7-12)18-16(20)10-22-17(21)15-9-8-13-4-2-3-5-14(13)19-15/h2-5,8-9,11-12H,6-7,10H2,1H3,(H,18,20)/t11-/m0/s1. The molecule has 0 radical (unpaired) electrons. The van der Waals surface area contributed by atoms with Crippen molar-refractivity contribution in [2.24, 2.45) is 5.92 Å². The molecule has 22 heavy (non-hydrogen) atoms. The van der Waals surface area contributed by atoms with Gasteiger partial charge in [-0.2, -0.15) is 0 Å². The lowest BCUT2D eigenvalue weighted by Gasteiger charge is -2.12. The van der Waals surface area contributed by atoms with Crippen LogP contribution >= 0.6 is 0 Å². The quantitative estimate of drug-likeness (QED) is 0.860. The molecule has 5 heteroatoms. The molecule has 1 N–H and O–H groups in total. The van der Waals surface area contributed by atoms with Gasteiger partial charge in [-0.05, 0) is 37.8 Å². The van der Waals surface area contributed by atoms with Gasteiger partial charge in [0.05, 0.1) is 5.52 Å². The molecule has 0 unspecified atom stereocenters. The molecule has 0 bridgehead atoms. The van der Waals surface area contributed by atoms with Crippen molar-refractivity contribution < 1.29 is 14.3 Å². The molecule has 0 aliphatic heterocycles. The van der Waals surface area contributed by atoms with E-state index in [1.165, 1.54) is 0 Å². The highest BCUT2D eigenvalue weighted by Crippen LogP contribution is 2.32. The van der Waals surface area contributed by atoms with Crippen molar-refractivity contribution in [2.45, 2.75) is 25.8 Å². The fourth-order valence-corrected chi connectivity index (χ4v) is 2.39. The molecule has 1 heterocycles. The Balaban J connectivity index is 1.57. The summed E-state index contributed by atoms with van der Waals surface area (Å²) in [4.78, 5) is 27.9. The molecule has 1 saturated carbocycles. The number of fused-ring (bicyclic) bond motifs is 1. The zero-order valence-electron chi connectivity index (χ0n) is 12.4. The first-order valence-corrected chi connectivity index (χ1v) is 7.46. The minimum atomic E-state index is -0.583. The zero-order valence-corrected chi connectivity index (χ0v) is 12.4. The molecule has 5 nitrogen and oxygen atoms in total. The maximum absolute atomic E-state index is 12.0. The number of hydrogen-bond acceptors (Lipinski definition) is 4. The summed E-state index contributed by atoms with van der Waals surface area (Å²) in [5, 5.41) is 3.80. The normalized spacial score (nSPS) is 15.3. The van der Waals surface area contributed by atoms with Crippen molar-refractivity contribution in [3.8, 4) is 0 Å². The Morgan fingerprint density at radius 3 is 2.82 bits per heavy atom.